The maximum absolute atomic E-state index is 12.7. The number of anilines is 1. The molecule has 0 spiro atoms. The Labute approximate surface area is 158 Å². The summed E-state index contributed by atoms with van der Waals surface area (Å²) in [5.74, 6) is -1.22. The molecule has 3 aromatic rings. The van der Waals surface area contributed by atoms with Gasteiger partial charge >= 0.3 is 5.97 Å². The fourth-order valence-electron chi connectivity index (χ4n) is 2.35. The van der Waals surface area contributed by atoms with Crippen LogP contribution in [0, 0.1) is 18.3 Å². The minimum absolute atomic E-state index is 0.00506. The summed E-state index contributed by atoms with van der Waals surface area (Å²) >= 11 is 2.19. The number of sulfonamides is 1. The minimum Gasteiger partial charge on any atom is -0.477 e. The van der Waals surface area contributed by atoms with Crippen LogP contribution in [-0.2, 0) is 10.0 Å². The zero-order valence-corrected chi connectivity index (χ0v) is 15.8. The molecule has 0 saturated carbocycles. The molecule has 0 aliphatic rings. The summed E-state index contributed by atoms with van der Waals surface area (Å²) in [6, 6.07) is 11.6. The average molecular weight is 404 g/mol. The zero-order valence-electron chi connectivity index (χ0n) is 13.4. The summed E-state index contributed by atoms with van der Waals surface area (Å²) in [5, 5.41) is 20.1. The number of hydrogen-bond donors (Lipinski definition) is 2. The van der Waals surface area contributed by atoms with Crippen molar-refractivity contribution in [1.29, 1.82) is 5.26 Å². The molecule has 3 rings (SSSR count). The average Bonchev–Trinajstić information content (AvgIpc) is 3.21. The third-order valence-corrected chi connectivity index (χ3v) is 7.08. The van der Waals surface area contributed by atoms with Gasteiger partial charge in [-0.15, -0.1) is 22.7 Å². The summed E-state index contributed by atoms with van der Waals surface area (Å²) in [5.41, 5.74) is 1.25. The number of aromatic carboxylic acids is 1. The summed E-state index contributed by atoms with van der Waals surface area (Å²) in [6.45, 7) is 1.67. The Bertz CT molecular complexity index is 1140. The van der Waals surface area contributed by atoms with E-state index < -0.39 is 16.0 Å². The van der Waals surface area contributed by atoms with Gasteiger partial charge in [-0.3, -0.25) is 4.72 Å². The topological polar surface area (TPSA) is 107 Å². The Morgan fingerprint density at radius 2 is 2.00 bits per heavy atom. The Kier molecular flexibility index (Phi) is 4.82. The number of thiophene rings is 2. The number of carboxylic acids is 1. The second kappa shape index (κ2) is 6.92. The number of rotatable bonds is 5. The standard InChI is InChI=1S/C17H12N2O4S3/c1-10-4-2-3-5-15(10)26(22,23)19-13-7-14(25-16(13)17(20)21)11-6-12(8-18)24-9-11/h2-7,9,19H,1H3,(H,20,21). The molecule has 0 aliphatic heterocycles. The van der Waals surface area contributed by atoms with Crippen LogP contribution in [0.3, 0.4) is 0 Å². The molecule has 0 unspecified atom stereocenters. The molecule has 2 heterocycles. The lowest BCUT2D eigenvalue weighted by Gasteiger charge is -2.09. The van der Waals surface area contributed by atoms with Crippen LogP contribution in [0.15, 0.2) is 46.7 Å². The largest absolute Gasteiger partial charge is 0.477 e. The van der Waals surface area contributed by atoms with Gasteiger partial charge in [0.1, 0.15) is 15.8 Å². The molecule has 0 aliphatic carbocycles. The van der Waals surface area contributed by atoms with Crippen molar-refractivity contribution >= 4 is 44.4 Å². The smallest absolute Gasteiger partial charge is 0.348 e. The number of nitriles is 1. The molecular weight excluding hydrogens is 392 g/mol. The van der Waals surface area contributed by atoms with E-state index in [1.165, 1.54) is 23.5 Å². The van der Waals surface area contributed by atoms with Crippen LogP contribution in [0.5, 0.6) is 0 Å². The third kappa shape index (κ3) is 3.48. The Balaban J connectivity index is 2.03. The van der Waals surface area contributed by atoms with Crippen molar-refractivity contribution < 1.29 is 18.3 Å². The van der Waals surface area contributed by atoms with Crippen molar-refractivity contribution in [3.05, 3.63) is 57.1 Å². The quantitative estimate of drug-likeness (QED) is 0.664. The van der Waals surface area contributed by atoms with Crippen molar-refractivity contribution in [2.45, 2.75) is 11.8 Å². The lowest BCUT2D eigenvalue weighted by Crippen LogP contribution is -2.15. The highest BCUT2D eigenvalue weighted by molar-refractivity contribution is 7.92. The summed E-state index contributed by atoms with van der Waals surface area (Å²) in [7, 11) is -3.92. The number of carboxylic acid groups (broad SMARTS) is 1. The molecule has 0 fully saturated rings. The molecule has 9 heteroatoms. The van der Waals surface area contributed by atoms with Crippen LogP contribution in [0.1, 0.15) is 20.1 Å². The van der Waals surface area contributed by atoms with Crippen molar-refractivity contribution in [2.75, 3.05) is 4.72 Å². The molecule has 2 aromatic heterocycles. The van der Waals surface area contributed by atoms with E-state index in [-0.39, 0.29) is 15.5 Å². The van der Waals surface area contributed by atoms with Gasteiger partial charge in [-0.1, -0.05) is 18.2 Å². The van der Waals surface area contributed by atoms with E-state index in [1.807, 2.05) is 6.07 Å². The van der Waals surface area contributed by atoms with E-state index in [0.717, 1.165) is 11.3 Å². The fourth-order valence-corrected chi connectivity index (χ4v) is 5.44. The van der Waals surface area contributed by atoms with Gasteiger partial charge in [0.05, 0.1) is 10.6 Å². The van der Waals surface area contributed by atoms with E-state index in [4.69, 9.17) is 5.26 Å². The number of nitrogens with zero attached hydrogens (tertiary/aromatic N) is 1. The molecule has 1 aromatic carbocycles. The van der Waals surface area contributed by atoms with E-state index in [0.29, 0.717) is 20.9 Å². The Hall–Kier alpha value is -2.67. The van der Waals surface area contributed by atoms with Crippen molar-refractivity contribution in [3.8, 4) is 16.5 Å². The molecule has 2 N–H and O–H groups in total. The summed E-state index contributed by atoms with van der Waals surface area (Å²) in [4.78, 5) is 12.6. The van der Waals surface area contributed by atoms with Gasteiger partial charge in [0.2, 0.25) is 0 Å². The fraction of sp³-hybridized carbons (Fsp3) is 0.0588. The highest BCUT2D eigenvalue weighted by Crippen LogP contribution is 2.37. The summed E-state index contributed by atoms with van der Waals surface area (Å²) in [6.07, 6.45) is 0. The zero-order chi connectivity index (χ0) is 18.9. The maximum Gasteiger partial charge on any atom is 0.348 e. The first-order chi connectivity index (χ1) is 12.3. The highest BCUT2D eigenvalue weighted by Gasteiger charge is 2.23. The van der Waals surface area contributed by atoms with E-state index >= 15 is 0 Å². The lowest BCUT2D eigenvalue weighted by atomic mass is 10.2. The molecule has 0 radical (unpaired) electrons. The molecule has 0 atom stereocenters. The maximum atomic E-state index is 12.7. The molecule has 0 saturated heterocycles. The predicted molar refractivity (Wildman–Crippen MR) is 101 cm³/mol. The Morgan fingerprint density at radius 1 is 1.27 bits per heavy atom. The van der Waals surface area contributed by atoms with Crippen LogP contribution in [0.25, 0.3) is 10.4 Å². The minimum atomic E-state index is -3.92. The van der Waals surface area contributed by atoms with E-state index in [9.17, 15) is 18.3 Å². The number of nitrogens with one attached hydrogen (secondary N) is 1. The SMILES string of the molecule is Cc1ccccc1S(=O)(=O)Nc1cc(-c2csc(C#N)c2)sc1C(=O)O. The van der Waals surface area contributed by atoms with Crippen LogP contribution in [0.4, 0.5) is 5.69 Å². The third-order valence-electron chi connectivity index (χ3n) is 3.55. The van der Waals surface area contributed by atoms with Gasteiger partial charge in [-0.05, 0) is 30.7 Å². The monoisotopic (exact) mass is 404 g/mol. The first-order valence-electron chi connectivity index (χ1n) is 7.26. The van der Waals surface area contributed by atoms with Gasteiger partial charge in [0.15, 0.2) is 0 Å². The highest BCUT2D eigenvalue weighted by atomic mass is 32.2. The van der Waals surface area contributed by atoms with Crippen molar-refractivity contribution in [1.82, 2.24) is 0 Å². The van der Waals surface area contributed by atoms with E-state index in [2.05, 4.69) is 4.72 Å². The predicted octanol–water partition coefficient (Wildman–Crippen LogP) is 4.16. The summed E-state index contributed by atoms with van der Waals surface area (Å²) < 4.78 is 27.7. The molecule has 6 nitrogen and oxygen atoms in total. The number of aryl methyl sites for hydroxylation is 1. The normalized spacial score (nSPS) is 11.1. The number of benzene rings is 1. The second-order valence-electron chi connectivity index (χ2n) is 5.34. The van der Waals surface area contributed by atoms with Gasteiger partial charge in [-0.25, -0.2) is 13.2 Å². The van der Waals surface area contributed by atoms with E-state index in [1.54, 1.807) is 36.6 Å². The van der Waals surface area contributed by atoms with Crippen LogP contribution >= 0.6 is 22.7 Å². The van der Waals surface area contributed by atoms with Gasteiger partial charge in [0.25, 0.3) is 10.0 Å². The molecular formula is C17H12N2O4S3. The Morgan fingerprint density at radius 3 is 2.62 bits per heavy atom. The first-order valence-corrected chi connectivity index (χ1v) is 10.4. The molecule has 0 amide bonds. The molecule has 0 bridgehead atoms. The van der Waals surface area contributed by atoms with Gasteiger partial charge < -0.3 is 5.11 Å². The van der Waals surface area contributed by atoms with Crippen molar-refractivity contribution in [3.63, 3.8) is 0 Å². The van der Waals surface area contributed by atoms with Crippen LogP contribution in [-0.4, -0.2) is 19.5 Å². The first kappa shape index (κ1) is 18.1. The molecule has 26 heavy (non-hydrogen) atoms. The van der Waals surface area contributed by atoms with Gasteiger partial charge in [0, 0.05) is 15.8 Å². The van der Waals surface area contributed by atoms with Gasteiger partial charge in [-0.2, -0.15) is 5.26 Å². The van der Waals surface area contributed by atoms with Crippen LogP contribution < -0.4 is 4.72 Å². The number of carbonyl (C=O) groups is 1. The van der Waals surface area contributed by atoms with Crippen LogP contribution in [0.2, 0.25) is 0 Å². The lowest BCUT2D eigenvalue weighted by molar-refractivity contribution is 0.0703. The molecule has 132 valence electrons. The second-order valence-corrected chi connectivity index (χ2v) is 8.96. The number of hydrogen-bond acceptors (Lipinski definition) is 6. The van der Waals surface area contributed by atoms with Crippen molar-refractivity contribution in [2.24, 2.45) is 0 Å².